The van der Waals surface area contributed by atoms with Crippen LogP contribution in [-0.4, -0.2) is 14.7 Å². The van der Waals surface area contributed by atoms with Gasteiger partial charge in [0.05, 0.1) is 16.5 Å². The molecule has 20 heavy (non-hydrogen) atoms. The Labute approximate surface area is 118 Å². The van der Waals surface area contributed by atoms with Gasteiger partial charge >= 0.3 is 0 Å². The molecule has 0 radical (unpaired) electrons. The normalized spacial score (nSPS) is 10.8. The van der Waals surface area contributed by atoms with Gasteiger partial charge in [0, 0.05) is 18.5 Å². The van der Waals surface area contributed by atoms with Crippen molar-refractivity contribution >= 4 is 15.5 Å². The Morgan fingerprint density at radius 3 is 2.15 bits per heavy atom. The maximum absolute atomic E-state index is 11.3. The quantitative estimate of drug-likeness (QED) is 0.937. The minimum Gasteiger partial charge on any atom is -0.381 e. The van der Waals surface area contributed by atoms with Gasteiger partial charge in [-0.15, -0.1) is 0 Å². The van der Waals surface area contributed by atoms with Gasteiger partial charge < -0.3 is 5.32 Å². The molecule has 0 bridgehead atoms. The number of rotatable bonds is 4. The highest BCUT2D eigenvalue weighted by Crippen LogP contribution is 2.13. The Kier molecular flexibility index (Phi) is 4.06. The van der Waals surface area contributed by atoms with Crippen LogP contribution in [0.15, 0.2) is 53.4 Å². The average molecular weight is 286 g/mol. The van der Waals surface area contributed by atoms with Crippen LogP contribution in [0.1, 0.15) is 11.1 Å². The van der Waals surface area contributed by atoms with Gasteiger partial charge in [0.2, 0.25) is 0 Å². The van der Waals surface area contributed by atoms with Crippen molar-refractivity contribution in [1.82, 2.24) is 0 Å². The van der Waals surface area contributed by atoms with Crippen LogP contribution in [0.2, 0.25) is 0 Å². The number of nitriles is 1. The van der Waals surface area contributed by atoms with Gasteiger partial charge in [0.15, 0.2) is 9.84 Å². The molecule has 0 fully saturated rings. The van der Waals surface area contributed by atoms with E-state index in [1.165, 1.54) is 6.26 Å². The average Bonchev–Trinajstić information content (AvgIpc) is 2.45. The predicted octanol–water partition coefficient (Wildman–Crippen LogP) is 2.57. The lowest BCUT2D eigenvalue weighted by Crippen LogP contribution is -2.01. The van der Waals surface area contributed by atoms with Gasteiger partial charge in [0.1, 0.15) is 0 Å². The molecule has 0 saturated heterocycles. The molecule has 2 aromatic rings. The second-order valence-electron chi connectivity index (χ2n) is 4.46. The van der Waals surface area contributed by atoms with Crippen molar-refractivity contribution in [2.45, 2.75) is 11.4 Å². The zero-order valence-corrected chi connectivity index (χ0v) is 11.8. The Hall–Kier alpha value is -2.32. The lowest BCUT2D eigenvalue weighted by molar-refractivity contribution is 0.602. The smallest absolute Gasteiger partial charge is 0.175 e. The van der Waals surface area contributed by atoms with Gasteiger partial charge in [-0.3, -0.25) is 0 Å². The zero-order valence-electron chi connectivity index (χ0n) is 11.0. The largest absolute Gasteiger partial charge is 0.381 e. The third-order valence-corrected chi connectivity index (χ3v) is 3.99. The van der Waals surface area contributed by atoms with E-state index in [0.29, 0.717) is 17.0 Å². The van der Waals surface area contributed by atoms with E-state index in [9.17, 15) is 8.42 Å². The molecule has 0 unspecified atom stereocenters. The van der Waals surface area contributed by atoms with E-state index in [2.05, 4.69) is 11.4 Å². The number of nitrogens with zero attached hydrogens (tertiary/aromatic N) is 1. The van der Waals surface area contributed by atoms with Crippen LogP contribution >= 0.6 is 0 Å². The van der Waals surface area contributed by atoms with E-state index in [-0.39, 0.29) is 0 Å². The molecule has 0 saturated carbocycles. The molecule has 0 spiro atoms. The minimum absolute atomic E-state index is 0.319. The van der Waals surface area contributed by atoms with Gasteiger partial charge in [0.25, 0.3) is 0 Å². The van der Waals surface area contributed by atoms with E-state index >= 15 is 0 Å². The first-order chi connectivity index (χ1) is 9.49. The second-order valence-corrected chi connectivity index (χ2v) is 6.47. The van der Waals surface area contributed by atoms with Crippen LogP contribution in [0.5, 0.6) is 0 Å². The molecular formula is C15H14N2O2S. The van der Waals surface area contributed by atoms with E-state index < -0.39 is 9.84 Å². The molecule has 1 N–H and O–H groups in total. The molecule has 102 valence electrons. The van der Waals surface area contributed by atoms with Crippen molar-refractivity contribution in [1.29, 1.82) is 5.26 Å². The number of nitrogens with one attached hydrogen (secondary N) is 1. The summed E-state index contributed by atoms with van der Waals surface area (Å²) in [6.45, 7) is 0.593. The van der Waals surface area contributed by atoms with Gasteiger partial charge in [-0.25, -0.2) is 8.42 Å². The highest BCUT2D eigenvalue weighted by Gasteiger charge is 2.05. The molecular weight excluding hydrogens is 272 g/mol. The van der Waals surface area contributed by atoms with E-state index in [1.807, 2.05) is 12.1 Å². The predicted molar refractivity (Wildman–Crippen MR) is 78.0 cm³/mol. The van der Waals surface area contributed by atoms with Gasteiger partial charge in [-0.2, -0.15) is 5.26 Å². The summed E-state index contributed by atoms with van der Waals surface area (Å²) in [5, 5.41) is 11.9. The van der Waals surface area contributed by atoms with Crippen LogP contribution in [0.25, 0.3) is 0 Å². The summed E-state index contributed by atoms with van der Waals surface area (Å²) in [5.74, 6) is 0. The van der Waals surface area contributed by atoms with Crippen molar-refractivity contribution in [2.75, 3.05) is 11.6 Å². The van der Waals surface area contributed by atoms with Crippen LogP contribution in [0.3, 0.4) is 0 Å². The second kappa shape index (κ2) is 5.76. The fraction of sp³-hybridized carbons (Fsp3) is 0.133. The Morgan fingerprint density at radius 2 is 1.65 bits per heavy atom. The Bertz CT molecular complexity index is 727. The summed E-state index contributed by atoms with van der Waals surface area (Å²) in [6.07, 6.45) is 1.19. The molecule has 5 heteroatoms. The molecule has 2 aromatic carbocycles. The van der Waals surface area contributed by atoms with Crippen LogP contribution in [-0.2, 0) is 16.4 Å². The molecule has 0 aliphatic heterocycles. The highest BCUT2D eigenvalue weighted by molar-refractivity contribution is 7.90. The Morgan fingerprint density at radius 1 is 1.05 bits per heavy atom. The standard InChI is InChI=1S/C15H14N2O2S/c1-20(18,19)15-8-4-13(5-9-15)11-17-14-6-2-12(10-16)3-7-14/h2-9,17H,11H2,1H3. The zero-order chi connectivity index (χ0) is 14.6. The number of anilines is 1. The van der Waals surface area contributed by atoms with Crippen LogP contribution in [0, 0.1) is 11.3 Å². The third-order valence-electron chi connectivity index (χ3n) is 2.86. The van der Waals surface area contributed by atoms with Crippen molar-refractivity contribution in [3.63, 3.8) is 0 Å². The van der Waals surface area contributed by atoms with Crippen LogP contribution < -0.4 is 5.32 Å². The fourth-order valence-corrected chi connectivity index (χ4v) is 2.35. The summed E-state index contributed by atoms with van der Waals surface area (Å²) in [5.41, 5.74) is 2.52. The van der Waals surface area contributed by atoms with Crippen molar-refractivity contribution < 1.29 is 8.42 Å². The van der Waals surface area contributed by atoms with E-state index in [0.717, 1.165) is 11.3 Å². The Balaban J connectivity index is 2.02. The molecule has 0 heterocycles. The van der Waals surface area contributed by atoms with Gasteiger partial charge in [-0.05, 0) is 42.0 Å². The molecule has 0 aromatic heterocycles. The monoisotopic (exact) mass is 286 g/mol. The van der Waals surface area contributed by atoms with Gasteiger partial charge in [-0.1, -0.05) is 12.1 Å². The molecule has 0 amide bonds. The SMILES string of the molecule is CS(=O)(=O)c1ccc(CNc2ccc(C#N)cc2)cc1. The van der Waals surface area contributed by atoms with Crippen molar-refractivity contribution in [3.8, 4) is 6.07 Å². The lowest BCUT2D eigenvalue weighted by atomic mass is 10.2. The lowest BCUT2D eigenvalue weighted by Gasteiger charge is -2.07. The summed E-state index contributed by atoms with van der Waals surface area (Å²) in [7, 11) is -3.15. The maximum Gasteiger partial charge on any atom is 0.175 e. The number of hydrogen-bond acceptors (Lipinski definition) is 4. The molecule has 0 atom stereocenters. The first kappa shape index (κ1) is 14.1. The first-order valence-corrected chi connectivity index (χ1v) is 7.91. The minimum atomic E-state index is -3.15. The molecule has 4 nitrogen and oxygen atoms in total. The number of sulfone groups is 1. The highest BCUT2D eigenvalue weighted by atomic mass is 32.2. The molecule has 0 aliphatic rings. The summed E-state index contributed by atoms with van der Waals surface area (Å²) < 4.78 is 22.7. The fourth-order valence-electron chi connectivity index (χ4n) is 1.72. The number of hydrogen-bond donors (Lipinski definition) is 1. The van der Waals surface area contributed by atoms with E-state index in [4.69, 9.17) is 5.26 Å². The summed E-state index contributed by atoms with van der Waals surface area (Å²) in [4.78, 5) is 0.319. The van der Waals surface area contributed by atoms with E-state index in [1.54, 1.807) is 36.4 Å². The van der Waals surface area contributed by atoms with Crippen molar-refractivity contribution in [2.24, 2.45) is 0 Å². The van der Waals surface area contributed by atoms with Crippen molar-refractivity contribution in [3.05, 3.63) is 59.7 Å². The topological polar surface area (TPSA) is 70.0 Å². The maximum atomic E-state index is 11.3. The summed E-state index contributed by atoms with van der Waals surface area (Å²) >= 11 is 0. The summed E-state index contributed by atoms with van der Waals surface area (Å²) in [6, 6.07) is 16.0. The first-order valence-electron chi connectivity index (χ1n) is 6.02. The molecule has 0 aliphatic carbocycles. The van der Waals surface area contributed by atoms with Crippen LogP contribution in [0.4, 0.5) is 5.69 Å². The molecule has 2 rings (SSSR count). The number of benzene rings is 2. The third kappa shape index (κ3) is 3.59.